The van der Waals surface area contributed by atoms with Crippen LogP contribution in [0.2, 0.25) is 0 Å². The van der Waals surface area contributed by atoms with Crippen molar-refractivity contribution in [3.8, 4) is 0 Å². The summed E-state index contributed by atoms with van der Waals surface area (Å²) >= 11 is 0. The average molecular weight is 343 g/mol. The molecule has 0 unspecified atom stereocenters. The second-order valence-electron chi connectivity index (χ2n) is 9.20. The number of hydrogen-bond donors (Lipinski definition) is 1. The minimum atomic E-state index is -0.581. The number of carbonyl (C=O) groups is 1. The summed E-state index contributed by atoms with van der Waals surface area (Å²) in [5.41, 5.74) is 7.55. The Bertz CT molecular complexity index is 663. The maximum absolute atomic E-state index is 11.4. The Labute approximate surface area is 153 Å². The van der Waals surface area contributed by atoms with E-state index in [4.69, 9.17) is 0 Å². The van der Waals surface area contributed by atoms with Gasteiger partial charge < -0.3 is 5.11 Å². The van der Waals surface area contributed by atoms with Gasteiger partial charge in [-0.25, -0.2) is 0 Å². The topological polar surface area (TPSA) is 37.3 Å². The smallest absolute Gasteiger partial charge is 0.309 e. The normalized spacial score (nSPS) is 19.7. The third kappa shape index (κ3) is 4.10. The third-order valence-corrected chi connectivity index (χ3v) is 7.02. The standard InChI is InChI=1S/C23H34O2/c1-16-15-17(2)19(7-5-9-22(4)11-12-22)20(18(16)3)8-6-10-23(13-14-23)21(24)25/h15H,5-14H2,1-4H3,(H,24,25). The van der Waals surface area contributed by atoms with Crippen molar-refractivity contribution >= 4 is 5.97 Å². The van der Waals surface area contributed by atoms with Crippen LogP contribution in [0.4, 0.5) is 0 Å². The van der Waals surface area contributed by atoms with Crippen LogP contribution in [0, 0.1) is 31.6 Å². The van der Waals surface area contributed by atoms with Crippen LogP contribution in [0.1, 0.15) is 86.1 Å². The van der Waals surface area contributed by atoms with Crippen LogP contribution in [0.25, 0.3) is 0 Å². The Morgan fingerprint density at radius 3 is 2.12 bits per heavy atom. The lowest BCUT2D eigenvalue weighted by atomic mass is 9.86. The van der Waals surface area contributed by atoms with E-state index >= 15 is 0 Å². The Morgan fingerprint density at radius 2 is 1.56 bits per heavy atom. The van der Waals surface area contributed by atoms with Crippen molar-refractivity contribution < 1.29 is 9.90 Å². The fourth-order valence-electron chi connectivity index (χ4n) is 4.39. The number of benzene rings is 1. The van der Waals surface area contributed by atoms with Gasteiger partial charge in [0.15, 0.2) is 0 Å². The van der Waals surface area contributed by atoms with E-state index in [0.29, 0.717) is 5.41 Å². The molecule has 0 bridgehead atoms. The molecule has 2 aliphatic carbocycles. The second kappa shape index (κ2) is 6.78. The molecule has 25 heavy (non-hydrogen) atoms. The third-order valence-electron chi connectivity index (χ3n) is 7.02. The lowest BCUT2D eigenvalue weighted by molar-refractivity contribution is -0.143. The summed E-state index contributed by atoms with van der Waals surface area (Å²) in [6.45, 7) is 9.13. The van der Waals surface area contributed by atoms with Crippen LogP contribution < -0.4 is 0 Å². The molecule has 0 amide bonds. The molecule has 138 valence electrons. The van der Waals surface area contributed by atoms with E-state index in [-0.39, 0.29) is 5.41 Å². The molecule has 2 aliphatic rings. The van der Waals surface area contributed by atoms with E-state index in [1.54, 1.807) is 5.56 Å². The molecule has 3 rings (SSSR count). The van der Waals surface area contributed by atoms with E-state index in [0.717, 1.165) is 32.1 Å². The zero-order chi connectivity index (χ0) is 18.2. The molecule has 0 aliphatic heterocycles. The first-order chi connectivity index (χ1) is 11.8. The van der Waals surface area contributed by atoms with Gasteiger partial charge in [-0.1, -0.05) is 13.0 Å². The second-order valence-corrected chi connectivity index (χ2v) is 9.20. The fourth-order valence-corrected chi connectivity index (χ4v) is 4.39. The number of aliphatic carboxylic acids is 1. The highest BCUT2D eigenvalue weighted by atomic mass is 16.4. The fraction of sp³-hybridized carbons (Fsp3) is 0.696. The van der Waals surface area contributed by atoms with Gasteiger partial charge in [0.1, 0.15) is 0 Å². The minimum Gasteiger partial charge on any atom is -0.481 e. The van der Waals surface area contributed by atoms with Gasteiger partial charge in [0.25, 0.3) is 0 Å². The molecule has 2 saturated carbocycles. The molecule has 2 heteroatoms. The molecule has 0 heterocycles. The van der Waals surface area contributed by atoms with Gasteiger partial charge in [-0.15, -0.1) is 0 Å². The molecule has 0 spiro atoms. The van der Waals surface area contributed by atoms with Crippen molar-refractivity contribution in [3.05, 3.63) is 33.9 Å². The van der Waals surface area contributed by atoms with Gasteiger partial charge in [-0.05, 0) is 118 Å². The number of carboxylic acids is 1. The summed E-state index contributed by atoms with van der Waals surface area (Å²) in [7, 11) is 0. The Balaban J connectivity index is 1.68. The largest absolute Gasteiger partial charge is 0.481 e. The highest BCUT2D eigenvalue weighted by Crippen LogP contribution is 2.50. The van der Waals surface area contributed by atoms with Crippen molar-refractivity contribution in [3.63, 3.8) is 0 Å². The summed E-state index contributed by atoms with van der Waals surface area (Å²) in [4.78, 5) is 11.4. The van der Waals surface area contributed by atoms with E-state index in [1.807, 2.05) is 0 Å². The van der Waals surface area contributed by atoms with E-state index in [9.17, 15) is 9.90 Å². The summed E-state index contributed by atoms with van der Waals surface area (Å²) in [6, 6.07) is 2.34. The van der Waals surface area contributed by atoms with Crippen molar-refractivity contribution in [1.29, 1.82) is 0 Å². The predicted octanol–water partition coefficient (Wildman–Crippen LogP) is 5.92. The van der Waals surface area contributed by atoms with E-state index < -0.39 is 5.97 Å². The summed E-state index contributed by atoms with van der Waals surface area (Å²) < 4.78 is 0. The molecule has 2 nitrogen and oxygen atoms in total. The van der Waals surface area contributed by atoms with Crippen molar-refractivity contribution in [2.75, 3.05) is 0 Å². The van der Waals surface area contributed by atoms with Crippen molar-refractivity contribution in [1.82, 2.24) is 0 Å². The van der Waals surface area contributed by atoms with Gasteiger partial charge >= 0.3 is 5.97 Å². The molecule has 1 N–H and O–H groups in total. The van der Waals surface area contributed by atoms with Gasteiger partial charge in [0, 0.05) is 0 Å². The maximum atomic E-state index is 11.4. The van der Waals surface area contributed by atoms with Crippen molar-refractivity contribution in [2.24, 2.45) is 10.8 Å². The minimum absolute atomic E-state index is 0.381. The zero-order valence-corrected chi connectivity index (χ0v) is 16.5. The number of aryl methyl sites for hydroxylation is 2. The van der Waals surface area contributed by atoms with Gasteiger partial charge in [-0.3, -0.25) is 4.79 Å². The highest BCUT2D eigenvalue weighted by molar-refractivity contribution is 5.77. The lowest BCUT2D eigenvalue weighted by Gasteiger charge is -2.19. The molecule has 1 aromatic rings. The van der Waals surface area contributed by atoms with Crippen molar-refractivity contribution in [2.45, 2.75) is 91.9 Å². The van der Waals surface area contributed by atoms with Crippen LogP contribution in [-0.4, -0.2) is 11.1 Å². The molecular formula is C23H34O2. The zero-order valence-electron chi connectivity index (χ0n) is 16.5. The van der Waals surface area contributed by atoms with Gasteiger partial charge in [-0.2, -0.15) is 0 Å². The van der Waals surface area contributed by atoms with E-state index in [2.05, 4.69) is 33.8 Å². The quantitative estimate of drug-likeness (QED) is 0.604. The van der Waals surface area contributed by atoms with Crippen LogP contribution >= 0.6 is 0 Å². The predicted molar refractivity (Wildman–Crippen MR) is 103 cm³/mol. The summed E-state index contributed by atoms with van der Waals surface area (Å²) in [6.07, 6.45) is 11.3. The van der Waals surface area contributed by atoms with Crippen LogP contribution in [-0.2, 0) is 17.6 Å². The first kappa shape index (κ1) is 18.5. The lowest BCUT2D eigenvalue weighted by Crippen LogP contribution is -2.15. The molecule has 0 saturated heterocycles. The van der Waals surface area contributed by atoms with Crippen LogP contribution in [0.5, 0.6) is 0 Å². The Hall–Kier alpha value is -1.31. The number of rotatable bonds is 9. The maximum Gasteiger partial charge on any atom is 0.309 e. The molecule has 0 radical (unpaired) electrons. The Morgan fingerprint density at radius 1 is 0.960 bits per heavy atom. The number of carboxylic acid groups (broad SMARTS) is 1. The molecular weight excluding hydrogens is 308 g/mol. The molecule has 2 fully saturated rings. The summed E-state index contributed by atoms with van der Waals surface area (Å²) in [5, 5.41) is 9.40. The van der Waals surface area contributed by atoms with Gasteiger partial charge in [0.05, 0.1) is 5.41 Å². The molecule has 0 aromatic heterocycles. The first-order valence-electron chi connectivity index (χ1n) is 10.1. The molecule has 0 atom stereocenters. The first-order valence-corrected chi connectivity index (χ1v) is 10.1. The Kier molecular flexibility index (Phi) is 5.01. The highest BCUT2D eigenvalue weighted by Gasteiger charge is 2.49. The number of hydrogen-bond acceptors (Lipinski definition) is 1. The summed E-state index contributed by atoms with van der Waals surface area (Å²) in [5.74, 6) is -0.581. The van der Waals surface area contributed by atoms with E-state index in [1.165, 1.54) is 54.4 Å². The van der Waals surface area contributed by atoms with Gasteiger partial charge in [0.2, 0.25) is 0 Å². The average Bonchev–Trinajstić information content (AvgIpc) is 3.45. The monoisotopic (exact) mass is 342 g/mol. The molecule has 1 aromatic carbocycles. The SMILES string of the molecule is Cc1cc(C)c(CCCC2(C)CC2)c(CCCC2(C(=O)O)CC2)c1C. The van der Waals surface area contributed by atoms with Crippen LogP contribution in [0.3, 0.4) is 0 Å². The van der Waals surface area contributed by atoms with Crippen LogP contribution in [0.15, 0.2) is 6.07 Å².